The lowest BCUT2D eigenvalue weighted by Crippen LogP contribution is -2.47. The maximum Gasteiger partial charge on any atom is 0.410 e. The number of likely N-dealkylation sites (tertiary alicyclic amines) is 1. The molecule has 1 unspecified atom stereocenters. The third-order valence-electron chi connectivity index (χ3n) is 2.44. The van der Waals surface area contributed by atoms with E-state index in [0.29, 0.717) is 6.54 Å². The van der Waals surface area contributed by atoms with E-state index in [4.69, 9.17) is 10.6 Å². The fourth-order valence-electron chi connectivity index (χ4n) is 1.76. The minimum Gasteiger partial charge on any atom is -0.444 e. The van der Waals surface area contributed by atoms with Crippen molar-refractivity contribution in [3.8, 4) is 0 Å². The molecule has 1 heterocycles. The summed E-state index contributed by atoms with van der Waals surface area (Å²) < 4.78 is 5.34. The van der Waals surface area contributed by atoms with Crippen LogP contribution in [0.1, 0.15) is 40.0 Å². The number of hydrogen-bond acceptors (Lipinski definition) is 4. The Morgan fingerprint density at radius 2 is 2.19 bits per heavy atom. The summed E-state index contributed by atoms with van der Waals surface area (Å²) in [5.41, 5.74) is -0.459. The third-order valence-corrected chi connectivity index (χ3v) is 2.44. The van der Waals surface area contributed by atoms with Gasteiger partial charge in [-0.1, -0.05) is 0 Å². The Bertz CT molecular complexity index is 271. The number of carbonyl (C=O) groups is 1. The Kier molecular flexibility index (Phi) is 4.15. The van der Waals surface area contributed by atoms with Gasteiger partial charge in [-0.05, 0) is 40.0 Å². The van der Waals surface area contributed by atoms with E-state index in [1.165, 1.54) is 0 Å². The minimum absolute atomic E-state index is 0.0198. The first-order chi connectivity index (χ1) is 7.44. The Morgan fingerprint density at radius 1 is 1.50 bits per heavy atom. The molecule has 1 amide bonds. The molecule has 16 heavy (non-hydrogen) atoms. The molecule has 1 aliphatic rings. The Labute approximate surface area is 96.6 Å². The first-order valence-electron chi connectivity index (χ1n) is 5.67. The number of nitrogens with two attached hydrogens (primary N) is 1. The minimum atomic E-state index is -0.459. The van der Waals surface area contributed by atoms with Crippen LogP contribution in [0.5, 0.6) is 0 Å². The zero-order chi connectivity index (χ0) is 12.2. The Hall–Kier alpha value is -1.26. The average molecular weight is 227 g/mol. The van der Waals surface area contributed by atoms with Crippen LogP contribution in [0.3, 0.4) is 0 Å². The molecular weight excluding hydrogens is 206 g/mol. The van der Waals surface area contributed by atoms with Crippen LogP contribution in [0.2, 0.25) is 0 Å². The summed E-state index contributed by atoms with van der Waals surface area (Å²) in [4.78, 5) is 13.6. The van der Waals surface area contributed by atoms with E-state index in [1.54, 1.807) is 11.1 Å². The maximum absolute atomic E-state index is 11.9. The zero-order valence-corrected chi connectivity index (χ0v) is 10.3. The van der Waals surface area contributed by atoms with Gasteiger partial charge in [0.1, 0.15) is 5.60 Å². The number of hydrogen-bond donors (Lipinski definition) is 1. The van der Waals surface area contributed by atoms with Crippen LogP contribution in [-0.2, 0) is 4.74 Å². The summed E-state index contributed by atoms with van der Waals surface area (Å²) in [5, 5.41) is 3.51. The van der Waals surface area contributed by atoms with Crippen molar-refractivity contribution in [2.75, 3.05) is 6.54 Å². The Morgan fingerprint density at radius 3 is 2.75 bits per heavy atom. The normalized spacial score (nSPS) is 22.4. The highest BCUT2D eigenvalue weighted by molar-refractivity contribution is 5.75. The first-order valence-corrected chi connectivity index (χ1v) is 5.67. The van der Waals surface area contributed by atoms with E-state index >= 15 is 0 Å². The number of amides is 1. The van der Waals surface area contributed by atoms with Crippen molar-refractivity contribution >= 4 is 12.3 Å². The quantitative estimate of drug-likeness (QED) is 0.421. The lowest BCUT2D eigenvalue weighted by atomic mass is 10.0. The standard InChI is InChI=1S/C11H21N3O2/c1-11(2,3)16-10(15)14-7-5-4-6-9(14)8-13-12/h8-9H,4-7,12H2,1-3H3/b13-8+. The molecule has 0 saturated carbocycles. The molecule has 1 fully saturated rings. The highest BCUT2D eigenvalue weighted by atomic mass is 16.6. The zero-order valence-electron chi connectivity index (χ0n) is 10.3. The van der Waals surface area contributed by atoms with Crippen molar-refractivity contribution in [1.82, 2.24) is 4.90 Å². The third kappa shape index (κ3) is 3.72. The van der Waals surface area contributed by atoms with E-state index in [1.807, 2.05) is 20.8 Å². The van der Waals surface area contributed by atoms with Gasteiger partial charge in [0, 0.05) is 12.8 Å². The monoisotopic (exact) mass is 227 g/mol. The van der Waals surface area contributed by atoms with Crippen molar-refractivity contribution in [3.05, 3.63) is 0 Å². The number of rotatable bonds is 1. The van der Waals surface area contributed by atoms with E-state index in [9.17, 15) is 4.79 Å². The molecule has 5 heteroatoms. The van der Waals surface area contributed by atoms with E-state index in [-0.39, 0.29) is 12.1 Å². The number of carbonyl (C=O) groups excluding carboxylic acids is 1. The van der Waals surface area contributed by atoms with Crippen LogP contribution in [0.4, 0.5) is 4.79 Å². The lowest BCUT2D eigenvalue weighted by molar-refractivity contribution is 0.0171. The molecular formula is C11H21N3O2. The molecule has 0 bridgehead atoms. The van der Waals surface area contributed by atoms with Gasteiger partial charge >= 0.3 is 6.09 Å². The van der Waals surface area contributed by atoms with Gasteiger partial charge in [0.15, 0.2) is 0 Å². The van der Waals surface area contributed by atoms with Gasteiger partial charge < -0.3 is 15.5 Å². The largest absolute Gasteiger partial charge is 0.444 e. The fourth-order valence-corrected chi connectivity index (χ4v) is 1.76. The van der Waals surface area contributed by atoms with Crippen LogP contribution in [0, 0.1) is 0 Å². The molecule has 5 nitrogen and oxygen atoms in total. The van der Waals surface area contributed by atoms with Gasteiger partial charge in [0.25, 0.3) is 0 Å². The second-order valence-electron chi connectivity index (χ2n) is 5.04. The van der Waals surface area contributed by atoms with E-state index < -0.39 is 5.60 Å². The fraction of sp³-hybridized carbons (Fsp3) is 0.818. The van der Waals surface area contributed by atoms with Gasteiger partial charge in [0.2, 0.25) is 0 Å². The molecule has 0 aliphatic carbocycles. The predicted molar refractivity (Wildman–Crippen MR) is 63.3 cm³/mol. The predicted octanol–water partition coefficient (Wildman–Crippen LogP) is 1.72. The molecule has 0 aromatic heterocycles. The van der Waals surface area contributed by atoms with E-state index in [2.05, 4.69) is 5.10 Å². The molecule has 92 valence electrons. The van der Waals surface area contributed by atoms with E-state index in [0.717, 1.165) is 19.3 Å². The number of ether oxygens (including phenoxy) is 1. The number of piperidine rings is 1. The summed E-state index contributed by atoms with van der Waals surface area (Å²) >= 11 is 0. The van der Waals surface area contributed by atoms with Crippen LogP contribution >= 0.6 is 0 Å². The molecule has 0 spiro atoms. The molecule has 1 aliphatic heterocycles. The van der Waals surface area contributed by atoms with Gasteiger partial charge in [-0.3, -0.25) is 0 Å². The summed E-state index contributed by atoms with van der Waals surface area (Å²) in [6, 6.07) is -0.0198. The summed E-state index contributed by atoms with van der Waals surface area (Å²) in [6.45, 7) is 6.30. The topological polar surface area (TPSA) is 67.9 Å². The highest BCUT2D eigenvalue weighted by Gasteiger charge is 2.29. The summed E-state index contributed by atoms with van der Waals surface area (Å²) in [6.07, 6.45) is 4.34. The summed E-state index contributed by atoms with van der Waals surface area (Å²) in [5.74, 6) is 5.14. The lowest BCUT2D eigenvalue weighted by Gasteiger charge is -2.34. The number of nitrogens with zero attached hydrogens (tertiary/aromatic N) is 2. The van der Waals surface area contributed by atoms with Crippen molar-refractivity contribution in [2.45, 2.75) is 51.7 Å². The molecule has 0 radical (unpaired) electrons. The first kappa shape index (κ1) is 12.8. The van der Waals surface area contributed by atoms with Crippen molar-refractivity contribution < 1.29 is 9.53 Å². The molecule has 0 aromatic carbocycles. The van der Waals surface area contributed by atoms with Gasteiger partial charge in [0.05, 0.1) is 6.04 Å². The van der Waals surface area contributed by atoms with Crippen molar-refractivity contribution in [2.24, 2.45) is 10.9 Å². The van der Waals surface area contributed by atoms with Crippen molar-refractivity contribution in [1.29, 1.82) is 0 Å². The molecule has 1 rings (SSSR count). The maximum atomic E-state index is 11.9. The second-order valence-corrected chi connectivity index (χ2v) is 5.04. The average Bonchev–Trinajstić information content (AvgIpc) is 2.16. The van der Waals surface area contributed by atoms with Gasteiger partial charge in [-0.15, -0.1) is 0 Å². The smallest absolute Gasteiger partial charge is 0.410 e. The highest BCUT2D eigenvalue weighted by Crippen LogP contribution is 2.19. The van der Waals surface area contributed by atoms with Crippen LogP contribution in [0.25, 0.3) is 0 Å². The molecule has 2 N–H and O–H groups in total. The SMILES string of the molecule is CC(C)(C)OC(=O)N1CCCCC1/C=N/N. The summed E-state index contributed by atoms with van der Waals surface area (Å²) in [7, 11) is 0. The van der Waals surface area contributed by atoms with Crippen LogP contribution in [-0.4, -0.2) is 35.4 Å². The van der Waals surface area contributed by atoms with Gasteiger partial charge in [-0.2, -0.15) is 5.10 Å². The van der Waals surface area contributed by atoms with Gasteiger partial charge in [-0.25, -0.2) is 4.79 Å². The molecule has 1 atom stereocenters. The molecule has 0 aromatic rings. The van der Waals surface area contributed by atoms with Crippen molar-refractivity contribution in [3.63, 3.8) is 0 Å². The number of hydrazone groups is 1. The van der Waals surface area contributed by atoms with Crippen LogP contribution in [0.15, 0.2) is 5.10 Å². The Balaban J connectivity index is 2.64. The molecule has 1 saturated heterocycles. The second kappa shape index (κ2) is 5.18. The van der Waals surface area contributed by atoms with Crippen LogP contribution < -0.4 is 5.84 Å².